The molecule has 170 valence electrons. The van der Waals surface area contributed by atoms with E-state index in [0.29, 0.717) is 0 Å². The van der Waals surface area contributed by atoms with Crippen LogP contribution in [-0.4, -0.2) is 56.3 Å². The molecule has 0 aliphatic rings. The van der Waals surface area contributed by atoms with Crippen molar-refractivity contribution in [3.05, 3.63) is 0 Å². The van der Waals surface area contributed by atoms with Gasteiger partial charge in [-0.3, -0.25) is 0 Å². The lowest BCUT2D eigenvalue weighted by Crippen LogP contribution is -2.70. The topological polar surface area (TPSA) is 0 Å². The average Bonchev–Trinajstić information content (AvgIpc) is 2.61. The van der Waals surface area contributed by atoms with Crippen molar-refractivity contribution in [3.63, 3.8) is 0 Å². The Labute approximate surface area is 153 Å². The minimum absolute atomic E-state index is 0.432. The number of rotatable bonds is 11. The number of hydrogen-bond acceptors (Lipinski definition) is 0. The van der Waals surface area contributed by atoms with Gasteiger partial charge in [0.25, 0.3) is 6.43 Å². The summed E-state index contributed by atoms with van der Waals surface area (Å²) in [5.41, 5.74) is 0. The summed E-state index contributed by atoms with van der Waals surface area (Å²) >= 11 is 0. The second-order valence-corrected chi connectivity index (χ2v) is 11.7. The van der Waals surface area contributed by atoms with E-state index in [-0.39, 0.29) is 0 Å². The first-order valence-electron chi connectivity index (χ1n) is 8.07. The molecule has 28 heavy (non-hydrogen) atoms. The molecule has 0 amide bonds. The maximum atomic E-state index is 14.4. The van der Waals surface area contributed by atoms with Crippen molar-refractivity contribution in [2.24, 2.45) is 0 Å². The van der Waals surface area contributed by atoms with Gasteiger partial charge in [0.05, 0.1) is 0 Å². The van der Waals surface area contributed by atoms with Crippen molar-refractivity contribution < 1.29 is 57.1 Å². The predicted molar refractivity (Wildman–Crippen MR) is 77.7 cm³/mol. The first-order chi connectivity index (χ1) is 12.4. The van der Waals surface area contributed by atoms with Gasteiger partial charge in [0.1, 0.15) is 8.07 Å². The Kier molecular flexibility index (Phi) is 8.37. The van der Waals surface area contributed by atoms with Gasteiger partial charge in [-0.15, -0.1) is 0 Å². The van der Waals surface area contributed by atoms with Crippen molar-refractivity contribution in [2.45, 2.75) is 87.2 Å². The summed E-state index contributed by atoms with van der Waals surface area (Å²) in [5, 5.41) is 0. The molecule has 0 radical (unpaired) electrons. The molecular weight excluding hydrogens is 443 g/mol. The zero-order chi connectivity index (χ0) is 22.9. The molecule has 3 atom stereocenters. The van der Waals surface area contributed by atoms with E-state index in [9.17, 15) is 57.1 Å². The highest BCUT2D eigenvalue weighted by molar-refractivity contribution is 6.81. The molecule has 0 N–H and O–H groups in total. The molecule has 0 aromatic rings. The Morgan fingerprint density at radius 1 is 0.607 bits per heavy atom. The standard InChI is InChI=1S/C14H19F13Si/c1-4-28(5-2,6-3)10(19)12(22,23)14(26,27)13(24,25)11(20,21)8(16)7(15)9(17)18/h7-10H,4-6H2,1-3H3. The van der Waals surface area contributed by atoms with Crippen LogP contribution in [0.5, 0.6) is 0 Å². The molecule has 0 aliphatic heterocycles. The summed E-state index contributed by atoms with van der Waals surface area (Å²) in [4.78, 5) is 0. The molecule has 0 saturated carbocycles. The second kappa shape index (κ2) is 8.58. The van der Waals surface area contributed by atoms with E-state index in [0.717, 1.165) is 20.8 Å². The number of alkyl halides is 13. The Bertz CT molecular complexity index is 495. The molecule has 0 spiro atoms. The maximum absolute atomic E-state index is 14.4. The van der Waals surface area contributed by atoms with Crippen LogP contribution in [0.25, 0.3) is 0 Å². The van der Waals surface area contributed by atoms with Gasteiger partial charge in [-0.2, -0.15) is 35.1 Å². The fourth-order valence-corrected chi connectivity index (χ4v) is 6.28. The van der Waals surface area contributed by atoms with E-state index in [1.807, 2.05) is 0 Å². The lowest BCUT2D eigenvalue weighted by atomic mass is 9.94. The zero-order valence-corrected chi connectivity index (χ0v) is 15.8. The molecule has 0 aromatic carbocycles. The molecule has 0 aromatic heterocycles. The third-order valence-corrected chi connectivity index (χ3v) is 10.7. The molecule has 0 bridgehead atoms. The van der Waals surface area contributed by atoms with Gasteiger partial charge in [0.15, 0.2) is 12.0 Å². The largest absolute Gasteiger partial charge is 0.381 e. The zero-order valence-electron chi connectivity index (χ0n) is 14.8. The van der Waals surface area contributed by atoms with Crippen LogP contribution < -0.4 is 0 Å². The van der Waals surface area contributed by atoms with E-state index < -0.39 is 74.5 Å². The molecule has 0 aliphatic carbocycles. The van der Waals surface area contributed by atoms with E-state index in [1.54, 1.807) is 0 Å². The van der Waals surface area contributed by atoms with Crippen LogP contribution in [0, 0.1) is 0 Å². The molecule has 0 rings (SSSR count). The summed E-state index contributed by atoms with van der Waals surface area (Å²) in [6.07, 6.45) is -14.5. The minimum atomic E-state index is -7.37. The van der Waals surface area contributed by atoms with Gasteiger partial charge in [0, 0.05) is 0 Å². The molecule has 0 nitrogen and oxygen atoms in total. The fraction of sp³-hybridized carbons (Fsp3) is 1.00. The monoisotopic (exact) mass is 462 g/mol. The molecule has 14 heteroatoms. The van der Waals surface area contributed by atoms with Crippen LogP contribution in [-0.2, 0) is 0 Å². The normalized spacial score (nSPS) is 18.3. The Morgan fingerprint density at radius 2 is 0.929 bits per heavy atom. The summed E-state index contributed by atoms with van der Waals surface area (Å²) in [7, 11) is -4.03. The van der Waals surface area contributed by atoms with Crippen LogP contribution in [0.4, 0.5) is 57.1 Å². The van der Waals surface area contributed by atoms with Crippen molar-refractivity contribution in [1.29, 1.82) is 0 Å². The summed E-state index contributed by atoms with van der Waals surface area (Å²) in [6.45, 7) is 3.38. The minimum Gasteiger partial charge on any atom is -0.245 e. The first-order valence-corrected chi connectivity index (χ1v) is 10.8. The van der Waals surface area contributed by atoms with Gasteiger partial charge in [-0.05, 0) is 0 Å². The Hall–Kier alpha value is -0.693. The molecule has 0 saturated heterocycles. The molecule has 0 fully saturated rings. The lowest BCUT2D eigenvalue weighted by Gasteiger charge is -2.43. The van der Waals surface area contributed by atoms with Gasteiger partial charge >= 0.3 is 23.7 Å². The van der Waals surface area contributed by atoms with Crippen molar-refractivity contribution in [3.8, 4) is 0 Å². The van der Waals surface area contributed by atoms with E-state index >= 15 is 0 Å². The Balaban J connectivity index is 6.31. The highest BCUT2D eigenvalue weighted by Crippen LogP contribution is 2.57. The summed E-state index contributed by atoms with van der Waals surface area (Å²) < 4.78 is 174. The Morgan fingerprint density at radius 3 is 1.21 bits per heavy atom. The van der Waals surface area contributed by atoms with Crippen molar-refractivity contribution in [2.75, 3.05) is 0 Å². The average molecular weight is 462 g/mol. The van der Waals surface area contributed by atoms with Crippen LogP contribution in [0.3, 0.4) is 0 Å². The quantitative estimate of drug-likeness (QED) is 0.233. The van der Waals surface area contributed by atoms with Crippen molar-refractivity contribution >= 4 is 8.07 Å². The highest BCUT2D eigenvalue weighted by Gasteiger charge is 2.85. The predicted octanol–water partition coefficient (Wildman–Crippen LogP) is 6.85. The van der Waals surface area contributed by atoms with Gasteiger partial charge in [-0.1, -0.05) is 38.9 Å². The van der Waals surface area contributed by atoms with E-state index in [1.165, 1.54) is 0 Å². The number of hydrogen-bond donors (Lipinski definition) is 0. The SMILES string of the molecule is CC[Si](CC)(CC)C(F)C(F)(F)C(F)(F)C(F)(F)C(F)(F)C(F)C(F)C(F)F. The van der Waals surface area contributed by atoms with Gasteiger partial charge in [-0.25, -0.2) is 22.0 Å². The smallest absolute Gasteiger partial charge is 0.245 e. The molecule has 3 unspecified atom stereocenters. The second-order valence-electron chi connectivity index (χ2n) is 6.36. The fourth-order valence-electron chi connectivity index (χ4n) is 2.75. The van der Waals surface area contributed by atoms with Crippen LogP contribution in [0.2, 0.25) is 18.1 Å². The third-order valence-electron chi connectivity index (χ3n) is 5.07. The summed E-state index contributed by atoms with van der Waals surface area (Å²) in [5.74, 6) is -31.9. The highest BCUT2D eigenvalue weighted by atomic mass is 28.3. The van der Waals surface area contributed by atoms with Crippen LogP contribution in [0.1, 0.15) is 20.8 Å². The van der Waals surface area contributed by atoms with Gasteiger partial charge < -0.3 is 0 Å². The lowest BCUT2D eigenvalue weighted by molar-refractivity contribution is -0.383. The third kappa shape index (κ3) is 3.98. The van der Waals surface area contributed by atoms with E-state index in [4.69, 9.17) is 0 Å². The van der Waals surface area contributed by atoms with Gasteiger partial charge in [0.2, 0.25) is 6.17 Å². The maximum Gasteiger partial charge on any atom is 0.381 e. The molecule has 0 heterocycles. The first kappa shape index (κ1) is 27.3. The van der Waals surface area contributed by atoms with Crippen LogP contribution in [0.15, 0.2) is 0 Å². The van der Waals surface area contributed by atoms with Crippen LogP contribution >= 0.6 is 0 Å². The van der Waals surface area contributed by atoms with E-state index in [2.05, 4.69) is 0 Å². The summed E-state index contributed by atoms with van der Waals surface area (Å²) in [6, 6.07) is -1.30. The molecular formula is C14H19F13Si. The van der Waals surface area contributed by atoms with Crippen molar-refractivity contribution in [1.82, 2.24) is 0 Å². The number of halogens is 13.